The van der Waals surface area contributed by atoms with Gasteiger partial charge in [0.2, 0.25) is 5.91 Å². The summed E-state index contributed by atoms with van der Waals surface area (Å²) < 4.78 is 5.76. The molecule has 5 nitrogen and oxygen atoms in total. The first kappa shape index (κ1) is 18.4. The third-order valence-corrected chi connectivity index (χ3v) is 5.68. The molecule has 142 valence electrons. The average Bonchev–Trinajstić information content (AvgIpc) is 2.75. The van der Waals surface area contributed by atoms with Crippen molar-refractivity contribution in [2.24, 2.45) is 0 Å². The number of ether oxygens (including phenoxy) is 1. The average molecular weight is 392 g/mol. The molecule has 2 amide bonds. The minimum Gasteiger partial charge on any atom is -0.477 e. The van der Waals surface area contributed by atoms with Gasteiger partial charge in [-0.1, -0.05) is 42.5 Å². The Hall–Kier alpha value is -2.99. The second-order valence-electron chi connectivity index (χ2n) is 6.49. The van der Waals surface area contributed by atoms with E-state index in [9.17, 15) is 9.59 Å². The zero-order valence-electron chi connectivity index (χ0n) is 15.4. The molecule has 28 heavy (non-hydrogen) atoms. The van der Waals surface area contributed by atoms with E-state index in [1.54, 1.807) is 18.0 Å². The smallest absolute Gasteiger partial charge is 0.262 e. The van der Waals surface area contributed by atoms with Crippen LogP contribution >= 0.6 is 11.8 Å². The molecule has 3 aromatic rings. The number of hydrogen-bond acceptors (Lipinski definition) is 4. The molecule has 1 aliphatic heterocycles. The van der Waals surface area contributed by atoms with Gasteiger partial charge in [0.25, 0.3) is 5.91 Å². The Labute approximate surface area is 167 Å². The third kappa shape index (κ3) is 3.68. The first-order chi connectivity index (χ1) is 13.7. The van der Waals surface area contributed by atoms with Crippen LogP contribution in [-0.4, -0.2) is 37.3 Å². The van der Waals surface area contributed by atoms with Crippen LogP contribution in [0.2, 0.25) is 0 Å². The highest BCUT2D eigenvalue weighted by Gasteiger charge is 2.33. The number of benzene rings is 3. The van der Waals surface area contributed by atoms with Gasteiger partial charge >= 0.3 is 0 Å². The van der Waals surface area contributed by atoms with E-state index in [-0.39, 0.29) is 24.1 Å². The van der Waals surface area contributed by atoms with Crippen LogP contribution in [0.25, 0.3) is 10.8 Å². The van der Waals surface area contributed by atoms with Gasteiger partial charge in [-0.25, -0.2) is 0 Å². The van der Waals surface area contributed by atoms with Gasteiger partial charge in [-0.15, -0.1) is 11.8 Å². The zero-order chi connectivity index (χ0) is 19.5. The number of hydrogen-bond donors (Lipinski definition) is 1. The van der Waals surface area contributed by atoms with Crippen molar-refractivity contribution in [2.45, 2.75) is 11.0 Å². The number of likely N-dealkylation sites (N-methyl/N-ethyl adjacent to an activating group) is 1. The Bertz CT molecular complexity index is 1040. The first-order valence-corrected chi connectivity index (χ1v) is 10.0. The summed E-state index contributed by atoms with van der Waals surface area (Å²) in [6.45, 7) is 0.202. The number of nitrogens with one attached hydrogen (secondary N) is 1. The van der Waals surface area contributed by atoms with Crippen molar-refractivity contribution >= 4 is 40.0 Å². The molecule has 1 N–H and O–H groups in total. The highest BCUT2D eigenvalue weighted by atomic mass is 32.2. The van der Waals surface area contributed by atoms with Crippen LogP contribution in [0.15, 0.2) is 71.6 Å². The maximum atomic E-state index is 13.0. The Morgan fingerprint density at radius 1 is 1.07 bits per heavy atom. The molecule has 0 fully saturated rings. The van der Waals surface area contributed by atoms with E-state index in [4.69, 9.17) is 4.74 Å². The lowest BCUT2D eigenvalue weighted by Crippen LogP contribution is -2.50. The molecule has 1 aliphatic rings. The van der Waals surface area contributed by atoms with E-state index >= 15 is 0 Å². The van der Waals surface area contributed by atoms with Crippen LogP contribution < -0.4 is 15.0 Å². The van der Waals surface area contributed by atoms with Crippen LogP contribution in [0.5, 0.6) is 5.75 Å². The van der Waals surface area contributed by atoms with Gasteiger partial charge in [-0.2, -0.15) is 0 Å². The molecule has 0 saturated heterocycles. The highest BCUT2D eigenvalue weighted by Crippen LogP contribution is 2.34. The number of para-hydroxylation sites is 2. The van der Waals surface area contributed by atoms with Crippen LogP contribution in [0.3, 0.4) is 0 Å². The maximum absolute atomic E-state index is 13.0. The van der Waals surface area contributed by atoms with E-state index in [2.05, 4.69) is 29.6 Å². The summed E-state index contributed by atoms with van der Waals surface area (Å²) in [4.78, 5) is 27.7. The molecular formula is C22H20N2O3S. The van der Waals surface area contributed by atoms with Crippen molar-refractivity contribution in [3.05, 3.63) is 66.7 Å². The molecule has 1 atom stereocenters. The predicted molar refractivity (Wildman–Crippen MR) is 112 cm³/mol. The van der Waals surface area contributed by atoms with Gasteiger partial charge in [-0.05, 0) is 35.0 Å². The van der Waals surface area contributed by atoms with E-state index in [0.717, 1.165) is 10.3 Å². The van der Waals surface area contributed by atoms with Gasteiger partial charge in [0, 0.05) is 11.9 Å². The molecule has 4 rings (SSSR count). The second kappa shape index (κ2) is 7.94. The van der Waals surface area contributed by atoms with Crippen LogP contribution in [-0.2, 0) is 9.59 Å². The SMILES string of the molecule is CNC(=O)[C@@H]1CN(C(=O)CSc2ccc3ccccc3c2)c2ccccc2O1. The number of nitrogens with zero attached hydrogens (tertiary/aromatic N) is 1. The molecule has 0 unspecified atom stereocenters. The summed E-state index contributed by atoms with van der Waals surface area (Å²) in [5.74, 6) is 0.538. The Morgan fingerprint density at radius 3 is 2.64 bits per heavy atom. The summed E-state index contributed by atoms with van der Waals surface area (Å²) in [6, 6.07) is 21.6. The Balaban J connectivity index is 1.52. The third-order valence-electron chi connectivity index (χ3n) is 4.70. The zero-order valence-corrected chi connectivity index (χ0v) is 16.2. The van der Waals surface area contributed by atoms with Gasteiger partial charge < -0.3 is 15.0 Å². The minimum atomic E-state index is -0.713. The molecule has 0 radical (unpaired) electrons. The molecule has 0 aliphatic carbocycles. The van der Waals surface area contributed by atoms with E-state index < -0.39 is 6.10 Å². The van der Waals surface area contributed by atoms with Gasteiger partial charge in [0.05, 0.1) is 18.0 Å². The quantitative estimate of drug-likeness (QED) is 0.691. The number of rotatable bonds is 4. The van der Waals surface area contributed by atoms with Crippen molar-refractivity contribution in [1.82, 2.24) is 5.32 Å². The lowest BCUT2D eigenvalue weighted by atomic mass is 10.1. The minimum absolute atomic E-state index is 0.0530. The van der Waals surface area contributed by atoms with Crippen molar-refractivity contribution in [3.8, 4) is 5.75 Å². The molecule has 6 heteroatoms. The summed E-state index contributed by atoms with van der Waals surface area (Å²) in [6.07, 6.45) is -0.713. The van der Waals surface area contributed by atoms with E-state index in [1.807, 2.05) is 36.4 Å². The van der Waals surface area contributed by atoms with Crippen LogP contribution in [0.4, 0.5) is 5.69 Å². The fourth-order valence-corrected chi connectivity index (χ4v) is 4.07. The summed E-state index contributed by atoms with van der Waals surface area (Å²) in [5, 5.41) is 4.92. The van der Waals surface area contributed by atoms with Gasteiger partial charge in [-0.3, -0.25) is 9.59 Å². The topological polar surface area (TPSA) is 58.6 Å². The van der Waals surface area contributed by atoms with Crippen molar-refractivity contribution in [2.75, 3.05) is 24.2 Å². The van der Waals surface area contributed by atoms with Gasteiger partial charge in [0.1, 0.15) is 5.75 Å². The first-order valence-electron chi connectivity index (χ1n) is 9.05. The number of thioether (sulfide) groups is 1. The largest absolute Gasteiger partial charge is 0.477 e. The number of carbonyl (C=O) groups excluding carboxylic acids is 2. The number of amides is 2. The van der Waals surface area contributed by atoms with Crippen LogP contribution in [0, 0.1) is 0 Å². The Morgan fingerprint density at radius 2 is 1.82 bits per heavy atom. The molecule has 1 heterocycles. The lowest BCUT2D eigenvalue weighted by molar-refractivity contribution is -0.127. The molecule has 0 saturated carbocycles. The Kier molecular flexibility index (Phi) is 5.21. The normalized spacial score (nSPS) is 15.6. The summed E-state index contributed by atoms with van der Waals surface area (Å²) >= 11 is 1.49. The molecule has 3 aromatic carbocycles. The molecule has 0 spiro atoms. The molecule has 0 bridgehead atoms. The van der Waals surface area contributed by atoms with Crippen LogP contribution in [0.1, 0.15) is 0 Å². The van der Waals surface area contributed by atoms with Gasteiger partial charge in [0.15, 0.2) is 6.10 Å². The second-order valence-corrected chi connectivity index (χ2v) is 7.54. The van der Waals surface area contributed by atoms with Crippen molar-refractivity contribution in [1.29, 1.82) is 0 Å². The summed E-state index contributed by atoms with van der Waals surface area (Å²) in [7, 11) is 1.56. The van der Waals surface area contributed by atoms with Crippen molar-refractivity contribution in [3.63, 3.8) is 0 Å². The number of fused-ring (bicyclic) bond motifs is 2. The predicted octanol–water partition coefficient (Wildman–Crippen LogP) is 3.47. The molecule has 0 aromatic heterocycles. The summed E-state index contributed by atoms with van der Waals surface area (Å²) in [5.41, 5.74) is 0.701. The fraction of sp³-hybridized carbons (Fsp3) is 0.182. The van der Waals surface area contributed by atoms with E-state index in [0.29, 0.717) is 11.4 Å². The maximum Gasteiger partial charge on any atom is 0.262 e. The number of carbonyl (C=O) groups is 2. The lowest BCUT2D eigenvalue weighted by Gasteiger charge is -2.34. The molecular weight excluding hydrogens is 372 g/mol. The highest BCUT2D eigenvalue weighted by molar-refractivity contribution is 8.00. The monoisotopic (exact) mass is 392 g/mol. The standard InChI is InChI=1S/C22H20N2O3S/c1-23-22(26)20-13-24(18-8-4-5-9-19(18)27-20)21(25)14-28-17-11-10-15-6-2-3-7-16(15)12-17/h2-12,20H,13-14H2,1H3,(H,23,26)/t20-/m0/s1. The van der Waals surface area contributed by atoms with Crippen molar-refractivity contribution < 1.29 is 14.3 Å². The fourth-order valence-electron chi connectivity index (χ4n) is 3.25. The van der Waals surface area contributed by atoms with E-state index in [1.165, 1.54) is 17.1 Å². The number of anilines is 1.